The van der Waals surface area contributed by atoms with E-state index in [0.29, 0.717) is 0 Å². The molecule has 0 aliphatic carbocycles. The number of aryl methyl sites for hydroxylation is 1. The Morgan fingerprint density at radius 2 is 1.78 bits per heavy atom. The molecular formula is C13H20BNO3. The number of aromatic hydroxyl groups is 1. The Morgan fingerprint density at radius 3 is 2.28 bits per heavy atom. The van der Waals surface area contributed by atoms with Crippen molar-refractivity contribution in [2.75, 3.05) is 0 Å². The van der Waals surface area contributed by atoms with Crippen molar-refractivity contribution in [1.29, 1.82) is 0 Å². The van der Waals surface area contributed by atoms with Gasteiger partial charge in [-0.3, -0.25) is 4.98 Å². The van der Waals surface area contributed by atoms with E-state index < -0.39 is 7.12 Å². The van der Waals surface area contributed by atoms with Gasteiger partial charge in [-0.1, -0.05) is 6.92 Å². The topological polar surface area (TPSA) is 51.6 Å². The maximum absolute atomic E-state index is 9.47. The van der Waals surface area contributed by atoms with Crippen LogP contribution in [0.3, 0.4) is 0 Å². The van der Waals surface area contributed by atoms with Gasteiger partial charge in [-0.05, 0) is 45.7 Å². The molecule has 1 N–H and O–H groups in total. The first-order valence-corrected chi connectivity index (χ1v) is 6.30. The number of hydrogen-bond donors (Lipinski definition) is 1. The molecule has 1 saturated heterocycles. The Morgan fingerprint density at radius 1 is 1.22 bits per heavy atom. The highest BCUT2D eigenvalue weighted by molar-refractivity contribution is 6.61. The highest BCUT2D eigenvalue weighted by Crippen LogP contribution is 2.36. The quantitative estimate of drug-likeness (QED) is 0.809. The molecule has 5 heteroatoms. The predicted molar refractivity (Wildman–Crippen MR) is 71.0 cm³/mol. The highest BCUT2D eigenvalue weighted by Gasteiger charge is 2.52. The van der Waals surface area contributed by atoms with E-state index in [-0.39, 0.29) is 17.0 Å². The summed E-state index contributed by atoms with van der Waals surface area (Å²) < 4.78 is 11.9. The van der Waals surface area contributed by atoms with Gasteiger partial charge in [0.2, 0.25) is 0 Å². The number of aromatic nitrogens is 1. The third kappa shape index (κ3) is 2.13. The number of hydrogen-bond acceptors (Lipinski definition) is 4. The Hall–Kier alpha value is -1.07. The highest BCUT2D eigenvalue weighted by atomic mass is 16.7. The summed E-state index contributed by atoms with van der Waals surface area (Å²) >= 11 is 0. The Bertz CT molecular complexity index is 444. The molecule has 1 aromatic heterocycles. The monoisotopic (exact) mass is 249 g/mol. The number of nitrogens with zero attached hydrogens (tertiary/aromatic N) is 1. The minimum Gasteiger partial charge on any atom is -0.506 e. The third-order valence-corrected chi connectivity index (χ3v) is 3.84. The summed E-state index contributed by atoms with van der Waals surface area (Å²) in [5.41, 5.74) is 0.965. The first-order chi connectivity index (χ1) is 8.27. The van der Waals surface area contributed by atoms with Crippen LogP contribution in [-0.4, -0.2) is 28.4 Å². The van der Waals surface area contributed by atoms with Gasteiger partial charge in [-0.25, -0.2) is 0 Å². The van der Waals surface area contributed by atoms with Gasteiger partial charge in [-0.2, -0.15) is 0 Å². The summed E-state index contributed by atoms with van der Waals surface area (Å²) in [4.78, 5) is 4.26. The van der Waals surface area contributed by atoms with E-state index in [4.69, 9.17) is 9.31 Å². The van der Waals surface area contributed by atoms with Gasteiger partial charge in [0.25, 0.3) is 0 Å². The molecular weight excluding hydrogens is 229 g/mol. The van der Waals surface area contributed by atoms with Crippen LogP contribution in [0.4, 0.5) is 0 Å². The van der Waals surface area contributed by atoms with E-state index in [9.17, 15) is 5.11 Å². The maximum atomic E-state index is 9.47. The SMILES string of the molecule is CCc1cc(O)cnc1B1OC(C)(C)C(C)(C)O1. The zero-order valence-corrected chi connectivity index (χ0v) is 11.7. The third-order valence-electron chi connectivity index (χ3n) is 3.84. The van der Waals surface area contributed by atoms with Crippen LogP contribution in [0.25, 0.3) is 0 Å². The second-order valence-electron chi connectivity index (χ2n) is 5.68. The summed E-state index contributed by atoms with van der Waals surface area (Å²) in [6.45, 7) is 10.1. The molecule has 0 bridgehead atoms. The molecule has 1 aromatic rings. The normalized spacial score (nSPS) is 21.3. The Labute approximate surface area is 108 Å². The fourth-order valence-electron chi connectivity index (χ4n) is 1.96. The maximum Gasteiger partial charge on any atom is 0.514 e. The van der Waals surface area contributed by atoms with Gasteiger partial charge >= 0.3 is 7.12 Å². The second kappa shape index (κ2) is 4.25. The van der Waals surface area contributed by atoms with Crippen LogP contribution in [0.2, 0.25) is 0 Å². The molecule has 1 fully saturated rings. The van der Waals surface area contributed by atoms with Crippen molar-refractivity contribution < 1.29 is 14.4 Å². The van der Waals surface area contributed by atoms with Gasteiger partial charge < -0.3 is 14.4 Å². The van der Waals surface area contributed by atoms with Crippen LogP contribution in [0.15, 0.2) is 12.3 Å². The van der Waals surface area contributed by atoms with Crippen molar-refractivity contribution in [3.8, 4) is 5.75 Å². The van der Waals surface area contributed by atoms with Crippen LogP contribution in [0.5, 0.6) is 5.75 Å². The fourth-order valence-corrected chi connectivity index (χ4v) is 1.96. The van der Waals surface area contributed by atoms with Gasteiger partial charge in [0, 0.05) is 0 Å². The lowest BCUT2D eigenvalue weighted by molar-refractivity contribution is 0.00578. The minimum atomic E-state index is -0.467. The van der Waals surface area contributed by atoms with Gasteiger partial charge in [-0.15, -0.1) is 0 Å². The summed E-state index contributed by atoms with van der Waals surface area (Å²) in [5.74, 6) is 0.173. The first-order valence-electron chi connectivity index (χ1n) is 6.30. The Balaban J connectivity index is 2.35. The van der Waals surface area contributed by atoms with Crippen molar-refractivity contribution in [1.82, 2.24) is 4.98 Å². The minimum absolute atomic E-state index is 0.173. The van der Waals surface area contributed by atoms with Crippen LogP contribution >= 0.6 is 0 Å². The van der Waals surface area contributed by atoms with Crippen molar-refractivity contribution in [2.45, 2.75) is 52.2 Å². The van der Waals surface area contributed by atoms with Crippen LogP contribution in [-0.2, 0) is 15.7 Å². The smallest absolute Gasteiger partial charge is 0.506 e. The molecule has 0 amide bonds. The van der Waals surface area contributed by atoms with E-state index in [1.807, 2.05) is 34.6 Å². The lowest BCUT2D eigenvalue weighted by Gasteiger charge is -2.32. The molecule has 2 rings (SSSR count). The van der Waals surface area contributed by atoms with Crippen molar-refractivity contribution >= 4 is 12.7 Å². The summed E-state index contributed by atoms with van der Waals surface area (Å²) in [6, 6.07) is 1.72. The lowest BCUT2D eigenvalue weighted by Crippen LogP contribution is -2.41. The average Bonchev–Trinajstić information content (AvgIpc) is 2.47. The predicted octanol–water partition coefficient (Wildman–Crippen LogP) is 1.65. The van der Waals surface area contributed by atoms with Gasteiger partial charge in [0.05, 0.1) is 23.0 Å². The van der Waals surface area contributed by atoms with E-state index in [1.165, 1.54) is 6.20 Å². The van der Waals surface area contributed by atoms with Crippen molar-refractivity contribution in [3.63, 3.8) is 0 Å². The van der Waals surface area contributed by atoms with E-state index >= 15 is 0 Å². The molecule has 0 aromatic carbocycles. The molecule has 2 heterocycles. The van der Waals surface area contributed by atoms with E-state index in [1.54, 1.807) is 6.07 Å². The fraction of sp³-hybridized carbons (Fsp3) is 0.615. The first kappa shape index (κ1) is 13.4. The molecule has 4 nitrogen and oxygen atoms in total. The molecule has 0 saturated carbocycles. The average molecular weight is 249 g/mol. The van der Waals surface area contributed by atoms with Gasteiger partial charge in [0.1, 0.15) is 5.75 Å². The summed E-state index contributed by atoms with van der Waals surface area (Å²) in [6.07, 6.45) is 2.21. The molecule has 1 aliphatic rings. The van der Waals surface area contributed by atoms with Crippen LogP contribution in [0.1, 0.15) is 40.2 Å². The molecule has 0 unspecified atom stereocenters. The Kier molecular flexibility index (Phi) is 3.15. The lowest BCUT2D eigenvalue weighted by atomic mass is 9.80. The largest absolute Gasteiger partial charge is 0.514 e. The number of pyridine rings is 1. The van der Waals surface area contributed by atoms with Crippen molar-refractivity contribution in [2.24, 2.45) is 0 Å². The standard InChI is InChI=1S/C13H20BNO3/c1-6-9-7-10(16)8-15-11(9)14-17-12(2,3)13(4,5)18-14/h7-8,16H,6H2,1-5H3. The molecule has 1 aliphatic heterocycles. The molecule has 0 atom stereocenters. The zero-order valence-electron chi connectivity index (χ0n) is 11.7. The summed E-state index contributed by atoms with van der Waals surface area (Å²) in [5, 5.41) is 9.47. The van der Waals surface area contributed by atoms with Gasteiger partial charge in [0.15, 0.2) is 0 Å². The van der Waals surface area contributed by atoms with Crippen molar-refractivity contribution in [3.05, 3.63) is 17.8 Å². The molecule has 98 valence electrons. The number of rotatable bonds is 2. The van der Waals surface area contributed by atoms with E-state index in [0.717, 1.165) is 17.6 Å². The van der Waals surface area contributed by atoms with E-state index in [2.05, 4.69) is 4.98 Å². The zero-order chi connectivity index (χ0) is 13.6. The van der Waals surface area contributed by atoms with Crippen LogP contribution < -0.4 is 5.59 Å². The molecule has 0 spiro atoms. The molecule has 18 heavy (non-hydrogen) atoms. The van der Waals surface area contributed by atoms with Crippen LogP contribution in [0, 0.1) is 0 Å². The second-order valence-corrected chi connectivity index (χ2v) is 5.68. The summed E-state index contributed by atoms with van der Waals surface area (Å²) in [7, 11) is -0.467. The molecule has 0 radical (unpaired) electrons.